The predicted octanol–water partition coefficient (Wildman–Crippen LogP) is 4.63. The van der Waals surface area contributed by atoms with Crippen LogP contribution in [0.3, 0.4) is 0 Å². The first-order valence-electron chi connectivity index (χ1n) is 22.7. The van der Waals surface area contributed by atoms with Crippen LogP contribution in [-0.2, 0) is 46.3 Å². The Morgan fingerprint density at radius 1 is 0.844 bits per heavy atom. The summed E-state index contributed by atoms with van der Waals surface area (Å²) in [6.45, 7) is 14.2. The zero-order valence-corrected chi connectivity index (χ0v) is 40.2. The summed E-state index contributed by atoms with van der Waals surface area (Å²) in [5.41, 5.74) is 1.65. The molecule has 16 heteroatoms. The molecule has 16 nitrogen and oxygen atoms in total. The molecular weight excluding hydrogens is 819 g/mol. The standard InChI is InChI=1S/C48H75N7O9/c1-13-32(6)43(53(10)48(60)41(30(2)3)51-47(59)42(31(4)5)52(8)9)39(63-11)29-40(56)54-27-17-20-38(54)44(64-12)33(7)45(57)50-37(28-35-18-15-14-16-19-35)46(58)49-26-25-34-21-23-36(24-22-34)55(61)62/h14-16,18-19,21-24,30-33,37-39,41-44H,13,17,20,25-29H2,1-12H3,(H,49,58)(H,50,57)(H,51,59)/t32-,33+,37?,38-,39+,41?,42-,43?,44+/m0/s1. The van der Waals surface area contributed by atoms with Crippen molar-refractivity contribution in [2.24, 2.45) is 23.7 Å². The number of likely N-dealkylation sites (tertiary alicyclic amines) is 1. The molecule has 1 aliphatic heterocycles. The third-order valence-electron chi connectivity index (χ3n) is 12.7. The lowest BCUT2D eigenvalue weighted by atomic mass is 9.89. The van der Waals surface area contributed by atoms with E-state index in [9.17, 15) is 34.1 Å². The van der Waals surface area contributed by atoms with Crippen LogP contribution in [0.4, 0.5) is 5.69 Å². The van der Waals surface area contributed by atoms with Crippen LogP contribution in [0.2, 0.25) is 0 Å². The van der Waals surface area contributed by atoms with Gasteiger partial charge in [0.05, 0.1) is 47.6 Å². The maximum Gasteiger partial charge on any atom is 0.269 e. The fourth-order valence-electron chi connectivity index (χ4n) is 9.01. The van der Waals surface area contributed by atoms with Crippen molar-refractivity contribution in [3.8, 4) is 0 Å². The SMILES string of the molecule is CC[C@H](C)C([C@@H](CC(=O)N1CCC[C@H]1[C@H](OC)[C@@H](C)C(=O)NC(Cc1ccccc1)C(=O)NCCc1ccc([N+](=O)[O-])cc1)OC)N(C)C(=O)C(NC(=O)[C@H](C(C)C)N(C)C)C(C)C. The van der Waals surface area contributed by atoms with E-state index in [2.05, 4.69) is 16.0 Å². The van der Waals surface area contributed by atoms with E-state index in [-0.39, 0.29) is 66.5 Å². The van der Waals surface area contributed by atoms with Gasteiger partial charge in [0.2, 0.25) is 29.5 Å². The molecule has 3 N–H and O–H groups in total. The van der Waals surface area contributed by atoms with E-state index in [1.807, 2.05) is 90.9 Å². The lowest BCUT2D eigenvalue weighted by molar-refractivity contribution is -0.384. The molecule has 356 valence electrons. The number of hydrogen-bond donors (Lipinski definition) is 3. The molecule has 0 bridgehead atoms. The summed E-state index contributed by atoms with van der Waals surface area (Å²) in [5, 5.41) is 20.0. The smallest absolute Gasteiger partial charge is 0.269 e. The molecule has 0 radical (unpaired) electrons. The van der Waals surface area contributed by atoms with E-state index >= 15 is 0 Å². The number of rotatable bonds is 25. The first-order chi connectivity index (χ1) is 30.3. The fourth-order valence-corrected chi connectivity index (χ4v) is 9.01. The van der Waals surface area contributed by atoms with Crippen LogP contribution in [0.25, 0.3) is 0 Å². The Hall–Kier alpha value is -4.93. The quantitative estimate of drug-likeness (QED) is 0.0936. The number of likely N-dealkylation sites (N-methyl/N-ethyl adjacent to an activating group) is 2. The number of carbonyl (C=O) groups is 5. The van der Waals surface area contributed by atoms with Crippen molar-refractivity contribution < 1.29 is 38.4 Å². The number of amides is 5. The number of methoxy groups -OCH3 is 2. The molecule has 0 spiro atoms. The molecule has 1 fully saturated rings. The van der Waals surface area contributed by atoms with E-state index < -0.39 is 59.2 Å². The highest BCUT2D eigenvalue weighted by molar-refractivity contribution is 5.90. The van der Waals surface area contributed by atoms with Crippen LogP contribution in [0.5, 0.6) is 0 Å². The van der Waals surface area contributed by atoms with Gasteiger partial charge in [-0.2, -0.15) is 0 Å². The summed E-state index contributed by atoms with van der Waals surface area (Å²) >= 11 is 0. The Morgan fingerprint density at radius 3 is 2.02 bits per heavy atom. The van der Waals surface area contributed by atoms with Gasteiger partial charge in [-0.3, -0.25) is 39.0 Å². The van der Waals surface area contributed by atoms with Gasteiger partial charge in [-0.15, -0.1) is 0 Å². The molecule has 3 rings (SSSR count). The number of non-ortho nitro benzene ring substituents is 1. The summed E-state index contributed by atoms with van der Waals surface area (Å²) in [6, 6.07) is 12.4. The summed E-state index contributed by atoms with van der Waals surface area (Å²) in [5.74, 6) is -2.44. The molecule has 0 aliphatic carbocycles. The lowest BCUT2D eigenvalue weighted by Crippen LogP contribution is -2.59. The van der Waals surface area contributed by atoms with Gasteiger partial charge in [-0.25, -0.2) is 0 Å². The van der Waals surface area contributed by atoms with Gasteiger partial charge in [0.1, 0.15) is 12.1 Å². The van der Waals surface area contributed by atoms with Crippen LogP contribution in [0, 0.1) is 33.8 Å². The monoisotopic (exact) mass is 894 g/mol. The highest BCUT2D eigenvalue weighted by atomic mass is 16.6. The second kappa shape index (κ2) is 25.5. The zero-order chi connectivity index (χ0) is 47.8. The van der Waals surface area contributed by atoms with Crippen molar-refractivity contribution in [3.63, 3.8) is 0 Å². The average Bonchev–Trinajstić information content (AvgIpc) is 3.74. The van der Waals surface area contributed by atoms with Crippen LogP contribution in [0.1, 0.15) is 85.3 Å². The van der Waals surface area contributed by atoms with Gasteiger partial charge in [-0.1, -0.05) is 97.4 Å². The van der Waals surface area contributed by atoms with E-state index in [1.165, 1.54) is 19.2 Å². The largest absolute Gasteiger partial charge is 0.379 e. The Labute approximate surface area is 380 Å². The second-order valence-corrected chi connectivity index (χ2v) is 18.2. The predicted molar refractivity (Wildman–Crippen MR) is 247 cm³/mol. The van der Waals surface area contributed by atoms with Crippen molar-refractivity contribution in [2.45, 2.75) is 129 Å². The van der Waals surface area contributed by atoms with Gasteiger partial charge in [0, 0.05) is 52.9 Å². The highest BCUT2D eigenvalue weighted by Gasteiger charge is 2.43. The van der Waals surface area contributed by atoms with Crippen molar-refractivity contribution in [3.05, 3.63) is 75.8 Å². The average molecular weight is 894 g/mol. The number of benzene rings is 2. The molecule has 0 aromatic heterocycles. The summed E-state index contributed by atoms with van der Waals surface area (Å²) in [7, 11) is 8.47. The lowest BCUT2D eigenvalue weighted by Gasteiger charge is -2.41. The highest BCUT2D eigenvalue weighted by Crippen LogP contribution is 2.30. The summed E-state index contributed by atoms with van der Waals surface area (Å²) in [6.07, 6.45) is 1.28. The first-order valence-corrected chi connectivity index (χ1v) is 22.7. The van der Waals surface area contributed by atoms with Crippen LogP contribution in [-0.4, -0.2) is 140 Å². The van der Waals surface area contributed by atoms with Gasteiger partial charge < -0.3 is 35.2 Å². The van der Waals surface area contributed by atoms with E-state index in [0.29, 0.717) is 32.2 Å². The zero-order valence-electron chi connectivity index (χ0n) is 40.2. The molecule has 3 unspecified atom stereocenters. The van der Waals surface area contributed by atoms with Crippen molar-refractivity contribution >= 4 is 35.2 Å². The molecule has 5 amide bonds. The Kier molecular flexibility index (Phi) is 21.3. The molecule has 1 aliphatic rings. The third-order valence-corrected chi connectivity index (χ3v) is 12.7. The van der Waals surface area contributed by atoms with Gasteiger partial charge in [-0.05, 0) is 62.2 Å². The van der Waals surface area contributed by atoms with Crippen LogP contribution in [0.15, 0.2) is 54.6 Å². The molecule has 2 aromatic rings. The van der Waals surface area contributed by atoms with E-state index in [1.54, 1.807) is 43.0 Å². The van der Waals surface area contributed by atoms with Gasteiger partial charge in [0.15, 0.2) is 0 Å². The normalized spacial score (nSPS) is 17.8. The van der Waals surface area contributed by atoms with Crippen LogP contribution >= 0.6 is 0 Å². The van der Waals surface area contributed by atoms with Crippen molar-refractivity contribution in [1.82, 2.24) is 30.7 Å². The Bertz CT molecular complexity index is 1820. The van der Waals surface area contributed by atoms with E-state index in [4.69, 9.17) is 9.47 Å². The maximum absolute atomic E-state index is 14.4. The van der Waals surface area contributed by atoms with Gasteiger partial charge in [0.25, 0.3) is 5.69 Å². The van der Waals surface area contributed by atoms with Crippen molar-refractivity contribution in [1.29, 1.82) is 0 Å². The summed E-state index contributed by atoms with van der Waals surface area (Å²) in [4.78, 5) is 85.8. The molecule has 9 atom stereocenters. The number of carbonyl (C=O) groups excluding carboxylic acids is 5. The van der Waals surface area contributed by atoms with E-state index in [0.717, 1.165) is 11.1 Å². The number of nitro groups is 1. The second-order valence-electron chi connectivity index (χ2n) is 18.2. The Balaban J connectivity index is 1.78. The molecule has 1 saturated heterocycles. The maximum atomic E-state index is 14.4. The number of hydrogen-bond acceptors (Lipinski definition) is 10. The Morgan fingerprint density at radius 2 is 1.48 bits per heavy atom. The van der Waals surface area contributed by atoms with Crippen molar-refractivity contribution in [2.75, 3.05) is 48.5 Å². The molecule has 2 aromatic carbocycles. The third kappa shape index (κ3) is 14.5. The fraction of sp³-hybridized carbons (Fsp3) is 0.646. The number of ether oxygens (including phenoxy) is 2. The molecule has 64 heavy (non-hydrogen) atoms. The molecule has 0 saturated carbocycles. The minimum Gasteiger partial charge on any atom is -0.379 e. The molecular formula is C48H75N7O9. The molecule has 1 heterocycles. The topological polar surface area (TPSA) is 193 Å². The number of nitrogens with zero attached hydrogens (tertiary/aromatic N) is 4. The number of nitrogens with one attached hydrogen (secondary N) is 3. The van der Waals surface area contributed by atoms with Gasteiger partial charge >= 0.3 is 0 Å². The minimum atomic E-state index is -0.916. The first kappa shape index (κ1) is 53.4. The minimum absolute atomic E-state index is 0.0162. The number of nitro benzene ring substituents is 1. The summed E-state index contributed by atoms with van der Waals surface area (Å²) < 4.78 is 12.1. The van der Waals surface area contributed by atoms with Crippen LogP contribution < -0.4 is 16.0 Å².